The predicted molar refractivity (Wildman–Crippen MR) is 204 cm³/mol. The maximum Gasteiger partial charge on any atom is 0.500 e. The number of nitrogens with zero attached hydrogens (tertiary/aromatic N) is 4. The third kappa shape index (κ3) is 23.1. The molecular formula is C36H76N8O3Si. The minimum absolute atomic E-state index is 0.536. The van der Waals surface area contributed by atoms with Gasteiger partial charge in [0.05, 0.1) is 0 Å². The van der Waals surface area contributed by atoms with Crippen molar-refractivity contribution in [3.63, 3.8) is 0 Å². The van der Waals surface area contributed by atoms with Crippen LogP contribution in [-0.4, -0.2) is 69.8 Å². The summed E-state index contributed by atoms with van der Waals surface area (Å²) in [6, 6.07) is 0.722. The molecule has 0 spiro atoms. The number of aryl methyl sites for hydroxylation is 1. The molecule has 1 aromatic rings. The Morgan fingerprint density at radius 2 is 1.00 bits per heavy atom. The fraction of sp³-hybridized carbons (Fsp3) is 0.917. The van der Waals surface area contributed by atoms with E-state index in [2.05, 4.69) is 5.32 Å². The fourth-order valence-corrected chi connectivity index (χ4v) is 8.63. The Morgan fingerprint density at radius 1 is 0.562 bits per heavy atom. The van der Waals surface area contributed by atoms with Crippen LogP contribution in [0.4, 0.5) is 11.9 Å². The first-order chi connectivity index (χ1) is 23.5. The smallest absolute Gasteiger partial charge is 0.374 e. The van der Waals surface area contributed by atoms with Crippen molar-refractivity contribution in [2.45, 2.75) is 168 Å². The van der Waals surface area contributed by atoms with E-state index in [4.69, 9.17) is 45.5 Å². The molecule has 0 saturated heterocycles. The summed E-state index contributed by atoms with van der Waals surface area (Å²) in [5.41, 5.74) is 11.2. The average molecular weight is 697 g/mol. The molecule has 0 amide bonds. The Labute approximate surface area is 296 Å². The number of rotatable bonds is 36. The van der Waals surface area contributed by atoms with Gasteiger partial charge in [0.2, 0.25) is 11.9 Å². The summed E-state index contributed by atoms with van der Waals surface area (Å²) in [4.78, 5) is 14.3. The van der Waals surface area contributed by atoms with Crippen molar-refractivity contribution in [3.8, 4) is 0 Å². The minimum atomic E-state index is -2.72. The number of aromatic nitrogens is 3. The van der Waals surface area contributed by atoms with Crippen molar-refractivity contribution in [2.24, 2.45) is 17.3 Å². The van der Waals surface area contributed by atoms with Crippen LogP contribution in [0.2, 0.25) is 6.04 Å². The molecule has 0 aromatic carbocycles. The number of hydrogen-bond donors (Lipinski definition) is 4. The van der Waals surface area contributed by atoms with E-state index >= 15 is 0 Å². The zero-order valence-electron chi connectivity index (χ0n) is 31.5. The van der Waals surface area contributed by atoms with Crippen molar-refractivity contribution in [3.05, 3.63) is 5.82 Å². The SMILES string of the molecule is CCO[Si](CCCc1nc(NCCCCCCCCCCCCN)nc(N(N)CCCCCCCCCCCCN)n1)(OCC)OCC. The Kier molecular flexibility index (Phi) is 29.3. The second-order valence-corrected chi connectivity index (χ2v) is 15.7. The van der Waals surface area contributed by atoms with Crippen molar-refractivity contribution in [2.75, 3.05) is 56.3 Å². The van der Waals surface area contributed by atoms with Crippen molar-refractivity contribution < 1.29 is 13.3 Å². The number of hydrogen-bond acceptors (Lipinski definition) is 11. The normalized spacial score (nSPS) is 11.8. The molecule has 11 nitrogen and oxygen atoms in total. The second kappa shape index (κ2) is 31.6. The van der Waals surface area contributed by atoms with Crippen LogP contribution in [0.3, 0.4) is 0 Å². The fourth-order valence-electron chi connectivity index (χ4n) is 6.02. The summed E-state index contributed by atoms with van der Waals surface area (Å²) in [6.45, 7) is 10.9. The summed E-state index contributed by atoms with van der Waals surface area (Å²) < 4.78 is 18.2. The molecule has 12 heteroatoms. The molecular weight excluding hydrogens is 621 g/mol. The van der Waals surface area contributed by atoms with Gasteiger partial charge in [-0.1, -0.05) is 103 Å². The van der Waals surface area contributed by atoms with Crippen LogP contribution in [0, 0.1) is 0 Å². The van der Waals surface area contributed by atoms with E-state index in [0.29, 0.717) is 38.1 Å². The van der Waals surface area contributed by atoms with Crippen LogP contribution in [0.25, 0.3) is 0 Å². The first-order valence-electron chi connectivity index (χ1n) is 19.9. The van der Waals surface area contributed by atoms with Gasteiger partial charge in [-0.15, -0.1) is 0 Å². The lowest BCUT2D eigenvalue weighted by molar-refractivity contribution is 0.0708. The van der Waals surface area contributed by atoms with Gasteiger partial charge in [0, 0.05) is 45.4 Å². The lowest BCUT2D eigenvalue weighted by atomic mass is 10.1. The van der Waals surface area contributed by atoms with Crippen molar-refractivity contribution in [1.29, 1.82) is 0 Å². The van der Waals surface area contributed by atoms with Crippen molar-refractivity contribution in [1.82, 2.24) is 15.0 Å². The Hall–Kier alpha value is -1.41. The predicted octanol–water partition coefficient (Wildman–Crippen LogP) is 7.66. The standard InChI is InChI=1S/C36H76N8O3Si/c1-4-45-48(46-5-2,47-6-3)33-27-28-34-41-35(40-31-25-21-17-13-9-7-11-15-19-23-29-37)43-36(42-34)44(39)32-26-22-18-14-10-8-12-16-20-24-30-38/h4-33,37-39H2,1-3H3,(H,40,41,42,43). The molecule has 7 N–H and O–H groups in total. The number of anilines is 2. The summed E-state index contributed by atoms with van der Waals surface area (Å²) in [6.07, 6.45) is 26.6. The quantitative estimate of drug-likeness (QED) is 0.0236. The highest BCUT2D eigenvalue weighted by Crippen LogP contribution is 2.21. The van der Waals surface area contributed by atoms with Gasteiger partial charge in [0.1, 0.15) is 5.82 Å². The van der Waals surface area contributed by atoms with Crippen LogP contribution >= 0.6 is 0 Å². The zero-order chi connectivity index (χ0) is 35.0. The van der Waals surface area contributed by atoms with E-state index in [1.54, 1.807) is 5.01 Å². The monoisotopic (exact) mass is 697 g/mol. The second-order valence-electron chi connectivity index (χ2n) is 13.0. The summed E-state index contributed by atoms with van der Waals surface area (Å²) >= 11 is 0. The molecule has 0 aliphatic heterocycles. The van der Waals surface area contributed by atoms with Gasteiger partial charge in [-0.3, -0.25) is 5.01 Å². The Morgan fingerprint density at radius 3 is 1.46 bits per heavy atom. The molecule has 0 bridgehead atoms. The topological polar surface area (TPSA) is 160 Å². The Balaban J connectivity index is 2.62. The van der Waals surface area contributed by atoms with E-state index in [1.165, 1.54) is 96.3 Å². The first-order valence-corrected chi connectivity index (χ1v) is 21.8. The molecule has 48 heavy (non-hydrogen) atoms. The highest BCUT2D eigenvalue weighted by atomic mass is 28.4. The van der Waals surface area contributed by atoms with Gasteiger partial charge in [-0.2, -0.15) is 15.0 Å². The lowest BCUT2D eigenvalue weighted by Crippen LogP contribution is -2.46. The number of nitrogens with one attached hydrogen (secondary N) is 1. The molecule has 0 atom stereocenters. The average Bonchev–Trinajstić information content (AvgIpc) is 3.08. The van der Waals surface area contributed by atoms with Crippen LogP contribution in [-0.2, 0) is 19.7 Å². The number of nitrogens with two attached hydrogens (primary N) is 3. The maximum atomic E-state index is 6.52. The highest BCUT2D eigenvalue weighted by Gasteiger charge is 2.39. The zero-order valence-corrected chi connectivity index (χ0v) is 32.5. The van der Waals surface area contributed by atoms with Crippen LogP contribution in [0.15, 0.2) is 0 Å². The van der Waals surface area contributed by atoms with E-state index < -0.39 is 8.80 Å². The largest absolute Gasteiger partial charge is 0.500 e. The van der Waals surface area contributed by atoms with E-state index in [-0.39, 0.29) is 0 Å². The first kappa shape index (κ1) is 44.6. The lowest BCUT2D eigenvalue weighted by Gasteiger charge is -2.28. The molecule has 0 radical (unpaired) electrons. The van der Waals surface area contributed by atoms with Crippen LogP contribution in [0.1, 0.15) is 161 Å². The molecule has 1 heterocycles. The highest BCUT2D eigenvalue weighted by molar-refractivity contribution is 6.60. The molecule has 0 fully saturated rings. The molecule has 1 rings (SSSR count). The van der Waals surface area contributed by atoms with Crippen LogP contribution in [0.5, 0.6) is 0 Å². The summed E-state index contributed by atoms with van der Waals surface area (Å²) in [5, 5.41) is 5.16. The van der Waals surface area contributed by atoms with Gasteiger partial charge in [0.25, 0.3) is 0 Å². The minimum Gasteiger partial charge on any atom is -0.374 e. The third-order valence-electron chi connectivity index (χ3n) is 8.67. The van der Waals surface area contributed by atoms with Crippen LogP contribution < -0.4 is 27.6 Å². The molecule has 0 saturated carbocycles. The number of unbranched alkanes of at least 4 members (excludes halogenated alkanes) is 18. The number of hydrazine groups is 1. The molecule has 0 aliphatic carbocycles. The van der Waals surface area contributed by atoms with Gasteiger partial charge < -0.3 is 30.1 Å². The van der Waals surface area contributed by atoms with Gasteiger partial charge >= 0.3 is 8.80 Å². The van der Waals surface area contributed by atoms with Gasteiger partial charge in [-0.05, 0) is 66.0 Å². The summed E-state index contributed by atoms with van der Waals surface area (Å²) in [7, 11) is -2.72. The van der Waals surface area contributed by atoms with Crippen molar-refractivity contribution >= 4 is 20.7 Å². The van der Waals surface area contributed by atoms with Gasteiger partial charge in [-0.25, -0.2) is 5.84 Å². The molecule has 0 aliphatic rings. The van der Waals surface area contributed by atoms with E-state index in [0.717, 1.165) is 76.6 Å². The molecule has 282 valence electrons. The Bertz CT molecular complexity index is 840. The summed E-state index contributed by atoms with van der Waals surface area (Å²) in [5.74, 6) is 8.41. The van der Waals surface area contributed by atoms with E-state index in [9.17, 15) is 0 Å². The molecule has 1 aromatic heterocycles. The third-order valence-corrected chi connectivity index (χ3v) is 11.8. The van der Waals surface area contributed by atoms with Gasteiger partial charge in [0.15, 0.2) is 0 Å². The maximum absolute atomic E-state index is 6.52. The molecule has 0 unspecified atom stereocenters. The van der Waals surface area contributed by atoms with E-state index in [1.807, 2.05) is 20.8 Å².